The third-order valence-electron chi connectivity index (χ3n) is 7.38. The van der Waals surface area contributed by atoms with Gasteiger partial charge < -0.3 is 63.8 Å². The number of nitrogens with one attached hydrogen (secondary N) is 3. The molecule has 0 aromatic carbocycles. The molecule has 0 radical (unpaired) electrons. The van der Waals surface area contributed by atoms with Crippen molar-refractivity contribution >= 4 is 93.7 Å². The van der Waals surface area contributed by atoms with Crippen LogP contribution in [0.4, 0.5) is 40.2 Å². The molecule has 0 atom stereocenters. The Balaban J connectivity index is 0.000000459. The number of rotatable bonds is 10. The molecule has 0 spiro atoms. The van der Waals surface area contributed by atoms with Gasteiger partial charge in [-0.3, -0.25) is 20.9 Å². The first-order valence-electron chi connectivity index (χ1n) is 16.5. The monoisotopic (exact) mass is 852 g/mol. The van der Waals surface area contributed by atoms with Crippen LogP contribution >= 0.6 is 24.8 Å². The summed E-state index contributed by atoms with van der Waals surface area (Å²) >= 11 is 0. The second-order valence-corrected chi connectivity index (χ2v) is 12.0. The normalized spacial score (nSPS) is 12.5. The molecule has 58 heavy (non-hydrogen) atoms. The Morgan fingerprint density at radius 3 is 1.88 bits per heavy atom. The van der Waals surface area contributed by atoms with Crippen molar-refractivity contribution in [1.82, 2.24) is 34.2 Å². The first-order chi connectivity index (χ1) is 26.8. The highest BCUT2D eigenvalue weighted by molar-refractivity contribution is 6.52. The molecule has 0 bridgehead atoms. The van der Waals surface area contributed by atoms with Crippen molar-refractivity contribution in [2.24, 2.45) is 15.7 Å². The minimum atomic E-state index is -0.731. The number of dihydropyridines is 1. The fourth-order valence-corrected chi connectivity index (χ4v) is 4.44. The number of amidine groups is 2. The molecule has 5 aromatic heterocycles. The Morgan fingerprint density at radius 2 is 1.34 bits per heavy atom. The second-order valence-electron chi connectivity index (χ2n) is 12.0. The molecule has 17 N–H and O–H groups in total. The molecule has 0 unspecified atom stereocenters. The topological polar surface area (TPSA) is 378 Å². The van der Waals surface area contributed by atoms with Gasteiger partial charge in [-0.15, -0.1) is 24.8 Å². The van der Waals surface area contributed by atoms with E-state index < -0.39 is 12.1 Å². The van der Waals surface area contributed by atoms with Crippen LogP contribution in [0.5, 0.6) is 0 Å². The number of nitrogens with two attached hydrogens (primary N) is 4. The molecule has 1 aliphatic heterocycles. The maximum atomic E-state index is 9.20. The lowest BCUT2D eigenvalue weighted by Crippen LogP contribution is -2.31. The van der Waals surface area contributed by atoms with Crippen molar-refractivity contribution in [1.29, 1.82) is 5.41 Å². The summed E-state index contributed by atoms with van der Waals surface area (Å²) in [6, 6.07) is 4.08. The number of anilines is 7. The van der Waals surface area contributed by atoms with Crippen LogP contribution in [-0.2, 0) is 0 Å². The summed E-state index contributed by atoms with van der Waals surface area (Å²) < 4.78 is 3.26. The van der Waals surface area contributed by atoms with Crippen molar-refractivity contribution < 1.29 is 30.9 Å². The predicted octanol–water partition coefficient (Wildman–Crippen LogP) is -0.517. The molecule has 0 saturated heterocycles. The highest BCUT2D eigenvalue weighted by Crippen LogP contribution is 2.20. The molecule has 5 aromatic rings. The van der Waals surface area contributed by atoms with E-state index in [9.17, 15) is 10.2 Å². The summed E-state index contributed by atoms with van der Waals surface area (Å²) in [6.45, 7) is -1.06. The van der Waals surface area contributed by atoms with E-state index in [0.29, 0.717) is 39.9 Å². The lowest BCUT2D eigenvalue weighted by atomic mass is 10.2. The number of aliphatic imine (C=N–C) groups is 2. The Hall–Kier alpha value is -6.12. The highest BCUT2D eigenvalue weighted by atomic mass is 35.5. The van der Waals surface area contributed by atoms with Gasteiger partial charge in [0.25, 0.3) is 0 Å². The van der Waals surface area contributed by atoms with Gasteiger partial charge in [0.15, 0.2) is 23.0 Å². The molecule has 318 valence electrons. The second kappa shape index (κ2) is 23.8. The quantitative estimate of drug-likeness (QED) is 0.0621. The number of halogens is 2. The molecule has 6 heterocycles. The van der Waals surface area contributed by atoms with Crippen molar-refractivity contribution in [2.45, 2.75) is 12.1 Å². The van der Waals surface area contributed by atoms with Crippen LogP contribution < -0.4 is 43.4 Å². The first kappa shape index (κ1) is 49.9. The van der Waals surface area contributed by atoms with Crippen LogP contribution in [0.3, 0.4) is 0 Å². The SMILES string of the molecule is CN(C)c1ccn2ncc(N)c2n1.CN(C)c1ccn2ncc(NC3=NC(=NC(CO)CO)C(N)=CC3=N)c2n1.Cl.Cl.Nc1cnc(NC(CO)CO)c(N)c1.OO. The van der Waals surface area contributed by atoms with Crippen LogP contribution in [-0.4, -0.2) is 149 Å². The third-order valence-corrected chi connectivity index (χ3v) is 7.38. The van der Waals surface area contributed by atoms with E-state index >= 15 is 0 Å². The number of fused-ring (bicyclic) bond motifs is 2. The van der Waals surface area contributed by atoms with E-state index in [1.54, 1.807) is 33.7 Å². The van der Waals surface area contributed by atoms with E-state index in [1.165, 1.54) is 12.3 Å². The standard InChI is InChI=1S/C16H21N9O2.C8H11N5.C8H14N4O2.2ClH.H2O2/c1-24(2)13-3-4-25-16(22-13)12(6-19-25)21-15-11(18)5-10(17)14(23-15)20-9(7-26)8-27;1-12(2)7-3-4-13-8(11-7)6(9)5-10-13;9-5-1-7(10)8(11-2-5)12-6(3-13)4-14;;;1-2/h3-6,9,18,26-27H,7-8,17H2,1-2H3,(H,20,21,23);3-5H,9H2,1-2H3;1-2,6,13-14H,3-4,9-10H2,(H,11,12);2*1H;1-2H. The van der Waals surface area contributed by atoms with Crippen LogP contribution in [0.25, 0.3) is 11.3 Å². The summed E-state index contributed by atoms with van der Waals surface area (Å²) in [6.07, 6.45) is 9.67. The summed E-state index contributed by atoms with van der Waals surface area (Å²) in [5, 5.41) is 70.2. The van der Waals surface area contributed by atoms with Gasteiger partial charge in [0.05, 0.1) is 85.6 Å². The lowest BCUT2D eigenvalue weighted by molar-refractivity contribution is -0.176. The zero-order chi connectivity index (χ0) is 41.5. The number of aliphatic hydroxyl groups excluding tert-OH is 4. The Morgan fingerprint density at radius 1 is 0.793 bits per heavy atom. The summed E-state index contributed by atoms with van der Waals surface area (Å²) in [7, 11) is 7.65. The minimum absolute atomic E-state index is 0. The average Bonchev–Trinajstić information content (AvgIpc) is 3.78. The van der Waals surface area contributed by atoms with Crippen LogP contribution in [0.2, 0.25) is 0 Å². The Bertz CT molecular complexity index is 2150. The largest absolute Gasteiger partial charge is 0.397 e. The first-order valence-corrected chi connectivity index (χ1v) is 16.5. The van der Waals surface area contributed by atoms with Gasteiger partial charge in [-0.1, -0.05) is 0 Å². The molecule has 0 saturated carbocycles. The van der Waals surface area contributed by atoms with Crippen LogP contribution in [0, 0.1) is 5.41 Å². The maximum absolute atomic E-state index is 9.20. The van der Waals surface area contributed by atoms with Gasteiger partial charge in [-0.2, -0.15) is 10.2 Å². The summed E-state index contributed by atoms with van der Waals surface area (Å²) in [5.41, 5.74) is 26.2. The molecule has 0 fully saturated rings. The fourth-order valence-electron chi connectivity index (χ4n) is 4.44. The van der Waals surface area contributed by atoms with E-state index in [-0.39, 0.29) is 74.3 Å². The van der Waals surface area contributed by atoms with Crippen molar-refractivity contribution in [2.75, 3.05) is 92.3 Å². The Kier molecular flexibility index (Phi) is 20.5. The van der Waals surface area contributed by atoms with E-state index in [2.05, 4.69) is 45.8 Å². The van der Waals surface area contributed by atoms with E-state index in [1.807, 2.05) is 56.3 Å². The number of hydrogen-bond donors (Lipinski definition) is 13. The lowest BCUT2D eigenvalue weighted by Gasteiger charge is -2.16. The Labute approximate surface area is 344 Å². The molecule has 1 aliphatic rings. The molecule has 24 nitrogen and oxygen atoms in total. The predicted molar refractivity (Wildman–Crippen MR) is 230 cm³/mol. The van der Waals surface area contributed by atoms with Crippen LogP contribution in [0.15, 0.2) is 70.9 Å². The van der Waals surface area contributed by atoms with Crippen molar-refractivity contribution in [3.8, 4) is 0 Å². The molecular formula is C32H50Cl2N18O6. The van der Waals surface area contributed by atoms with Gasteiger partial charge in [0, 0.05) is 40.6 Å². The number of aliphatic hydroxyl groups is 4. The van der Waals surface area contributed by atoms with E-state index in [4.69, 9.17) is 49.1 Å². The van der Waals surface area contributed by atoms with Gasteiger partial charge in [0.1, 0.15) is 23.1 Å². The van der Waals surface area contributed by atoms with Gasteiger partial charge in [-0.05, 0) is 24.3 Å². The number of hydrogen-bond acceptors (Lipinski definition) is 21. The number of pyridine rings is 1. The minimum Gasteiger partial charge on any atom is -0.397 e. The van der Waals surface area contributed by atoms with Gasteiger partial charge >= 0.3 is 0 Å². The zero-order valence-corrected chi connectivity index (χ0v) is 33.5. The fraction of sp³-hybridized carbons (Fsp3) is 0.312. The number of nitrogens with zero attached hydrogens (tertiary/aromatic N) is 11. The van der Waals surface area contributed by atoms with E-state index in [0.717, 1.165) is 11.6 Å². The van der Waals surface area contributed by atoms with Crippen molar-refractivity contribution in [3.63, 3.8) is 0 Å². The third kappa shape index (κ3) is 13.2. The van der Waals surface area contributed by atoms with Crippen molar-refractivity contribution in [3.05, 3.63) is 61.0 Å². The molecule has 0 amide bonds. The van der Waals surface area contributed by atoms with Crippen LogP contribution in [0.1, 0.15) is 0 Å². The highest BCUT2D eigenvalue weighted by Gasteiger charge is 2.20. The summed E-state index contributed by atoms with van der Waals surface area (Å²) in [5.74, 6) is 2.39. The van der Waals surface area contributed by atoms with Gasteiger partial charge in [-0.25, -0.2) is 29.0 Å². The molecule has 0 aliphatic carbocycles. The maximum Gasteiger partial charge on any atom is 0.180 e. The number of nitrogen functional groups attached to an aromatic ring is 3. The smallest absolute Gasteiger partial charge is 0.180 e. The van der Waals surface area contributed by atoms with Gasteiger partial charge in [0.2, 0.25) is 0 Å². The average molecular weight is 854 g/mol. The molecule has 6 rings (SSSR count). The molecular weight excluding hydrogens is 803 g/mol. The number of aromatic nitrogens is 7. The zero-order valence-electron chi connectivity index (χ0n) is 31.9. The summed E-state index contributed by atoms with van der Waals surface area (Å²) in [4.78, 5) is 25.0. The molecule has 26 heteroatoms.